The van der Waals surface area contributed by atoms with Gasteiger partial charge in [0.25, 0.3) is 5.91 Å². The maximum atomic E-state index is 12.1. The molecule has 0 unspecified atom stereocenters. The molecule has 3 aromatic rings. The van der Waals surface area contributed by atoms with Crippen LogP contribution in [0.15, 0.2) is 36.7 Å². The van der Waals surface area contributed by atoms with Crippen molar-refractivity contribution in [3.63, 3.8) is 0 Å². The van der Waals surface area contributed by atoms with Gasteiger partial charge in [-0.25, -0.2) is 9.77 Å². The summed E-state index contributed by atoms with van der Waals surface area (Å²) >= 11 is 11.8. The first kappa shape index (κ1) is 23.6. The van der Waals surface area contributed by atoms with Crippen molar-refractivity contribution < 1.29 is 14.3 Å². The van der Waals surface area contributed by atoms with Crippen molar-refractivity contribution >= 4 is 29.7 Å². The molecule has 0 fully saturated rings. The van der Waals surface area contributed by atoms with E-state index in [0.29, 0.717) is 33.7 Å². The molecule has 0 spiro atoms. The van der Waals surface area contributed by atoms with Crippen molar-refractivity contribution in [2.24, 2.45) is 0 Å². The third-order valence-corrected chi connectivity index (χ3v) is 4.87. The molecule has 0 bridgehead atoms. The van der Waals surface area contributed by atoms with Gasteiger partial charge in [-0.3, -0.25) is 9.78 Å². The molecule has 0 atom stereocenters. The molecule has 0 aliphatic carbocycles. The topological polar surface area (TPSA) is 106 Å². The Bertz CT molecular complexity index is 1140. The van der Waals surface area contributed by atoms with Crippen molar-refractivity contribution in [3.05, 3.63) is 52.0 Å². The zero-order valence-corrected chi connectivity index (χ0v) is 19.8. The highest BCUT2D eigenvalue weighted by atomic mass is 35.5. The van der Waals surface area contributed by atoms with Crippen molar-refractivity contribution in [1.29, 1.82) is 0 Å². The number of aromatic amines is 1. The van der Waals surface area contributed by atoms with Gasteiger partial charge in [-0.1, -0.05) is 11.6 Å². The lowest BCUT2D eigenvalue weighted by molar-refractivity contribution is -0.124. The predicted molar refractivity (Wildman–Crippen MR) is 125 cm³/mol. The molecule has 0 aliphatic rings. The van der Waals surface area contributed by atoms with Crippen LogP contribution in [0.5, 0.6) is 11.5 Å². The normalized spacial score (nSPS) is 11.2. The smallest absolute Gasteiger partial charge is 0.258 e. The van der Waals surface area contributed by atoms with Gasteiger partial charge in [-0.05, 0) is 56.8 Å². The number of nitrogens with zero attached hydrogens (tertiary/aromatic N) is 3. The number of rotatable bonds is 8. The van der Waals surface area contributed by atoms with Crippen LogP contribution in [0.25, 0.3) is 11.4 Å². The zero-order valence-electron chi connectivity index (χ0n) is 18.2. The Morgan fingerprint density at radius 1 is 1.25 bits per heavy atom. The summed E-state index contributed by atoms with van der Waals surface area (Å²) in [7, 11) is 1.52. The average molecular weight is 477 g/mol. The predicted octanol–water partition coefficient (Wildman–Crippen LogP) is 3.70. The van der Waals surface area contributed by atoms with E-state index in [-0.39, 0.29) is 18.1 Å². The number of hydrogen-bond donors (Lipinski definition) is 3. The number of benzene rings is 1. The number of hydrogen-bond acceptors (Lipinski definition) is 7. The van der Waals surface area contributed by atoms with Crippen LogP contribution in [0, 0.1) is 4.77 Å². The lowest BCUT2D eigenvalue weighted by atomic mass is 10.1. The van der Waals surface area contributed by atoms with E-state index in [4.69, 9.17) is 33.3 Å². The molecule has 0 saturated carbocycles. The number of carbonyl (C=O) groups is 1. The monoisotopic (exact) mass is 476 g/mol. The number of H-pyrrole nitrogens is 1. The van der Waals surface area contributed by atoms with Crippen molar-refractivity contribution in [3.8, 4) is 22.9 Å². The number of methoxy groups -OCH3 is 1. The van der Waals surface area contributed by atoms with Gasteiger partial charge in [0.15, 0.2) is 23.9 Å². The summed E-state index contributed by atoms with van der Waals surface area (Å²) in [6, 6.07) is 7.05. The Balaban J connectivity index is 1.75. The van der Waals surface area contributed by atoms with Crippen molar-refractivity contribution in [2.75, 3.05) is 19.1 Å². The Morgan fingerprint density at radius 2 is 1.97 bits per heavy atom. The number of ether oxygens (including phenoxy) is 2. The summed E-state index contributed by atoms with van der Waals surface area (Å²) in [5, 5.41) is 10.3. The lowest BCUT2D eigenvalue weighted by Gasteiger charge is -2.21. The molecular formula is C21H25ClN6O3S. The molecular weight excluding hydrogens is 452 g/mol. The Morgan fingerprint density at radius 3 is 2.62 bits per heavy atom. The number of pyridine rings is 1. The van der Waals surface area contributed by atoms with Gasteiger partial charge in [0.2, 0.25) is 4.77 Å². The first-order chi connectivity index (χ1) is 15.2. The van der Waals surface area contributed by atoms with Crippen LogP contribution < -0.4 is 20.2 Å². The highest BCUT2D eigenvalue weighted by Gasteiger charge is 2.17. The second kappa shape index (κ2) is 10.0. The first-order valence-corrected chi connectivity index (χ1v) is 10.6. The number of amides is 1. The molecule has 1 amide bonds. The first-order valence-electron chi connectivity index (χ1n) is 9.80. The molecule has 2 heterocycles. The van der Waals surface area contributed by atoms with Gasteiger partial charge in [0.05, 0.1) is 13.7 Å². The van der Waals surface area contributed by atoms with Crippen LogP contribution in [0.1, 0.15) is 26.3 Å². The number of aromatic nitrogens is 4. The molecule has 3 rings (SSSR count). The molecule has 1 aromatic carbocycles. The SMILES string of the molecule is COc1cc(CNn2c(-c3ccncc3)n[nH]c2=S)c(Cl)cc1OCC(=O)NC(C)(C)C. The van der Waals surface area contributed by atoms with Crippen molar-refractivity contribution in [2.45, 2.75) is 32.9 Å². The summed E-state index contributed by atoms with van der Waals surface area (Å²) in [4.78, 5) is 16.1. The van der Waals surface area contributed by atoms with E-state index in [1.54, 1.807) is 29.2 Å². The molecule has 170 valence electrons. The zero-order chi connectivity index (χ0) is 23.3. The molecule has 9 nitrogen and oxygen atoms in total. The molecule has 0 aliphatic heterocycles. The highest BCUT2D eigenvalue weighted by Crippen LogP contribution is 2.33. The third kappa shape index (κ3) is 5.98. The fourth-order valence-corrected chi connectivity index (χ4v) is 3.30. The summed E-state index contributed by atoms with van der Waals surface area (Å²) in [5.41, 5.74) is 4.47. The maximum absolute atomic E-state index is 12.1. The minimum absolute atomic E-state index is 0.152. The summed E-state index contributed by atoms with van der Waals surface area (Å²) in [5.74, 6) is 1.22. The second-order valence-electron chi connectivity index (χ2n) is 7.94. The molecule has 0 radical (unpaired) electrons. The Hall–Kier alpha value is -3.11. The van der Waals surface area contributed by atoms with Gasteiger partial charge in [0, 0.05) is 34.6 Å². The Labute approximate surface area is 196 Å². The number of halogens is 1. The van der Waals surface area contributed by atoms with Gasteiger partial charge in [0.1, 0.15) is 0 Å². The van der Waals surface area contributed by atoms with Gasteiger partial charge in [-0.15, -0.1) is 0 Å². The Kier molecular flexibility index (Phi) is 7.37. The fourth-order valence-electron chi connectivity index (χ4n) is 2.89. The lowest BCUT2D eigenvalue weighted by Crippen LogP contribution is -2.43. The van der Waals surface area contributed by atoms with Crippen LogP contribution in [-0.4, -0.2) is 45.0 Å². The van der Waals surface area contributed by atoms with E-state index in [2.05, 4.69) is 25.9 Å². The van der Waals surface area contributed by atoms with E-state index in [1.807, 2.05) is 32.9 Å². The van der Waals surface area contributed by atoms with Gasteiger partial charge >= 0.3 is 0 Å². The average Bonchev–Trinajstić information content (AvgIpc) is 3.11. The molecule has 11 heteroatoms. The minimum Gasteiger partial charge on any atom is -0.493 e. The van der Waals surface area contributed by atoms with Crippen LogP contribution >= 0.6 is 23.8 Å². The number of nitrogens with one attached hydrogen (secondary N) is 3. The van der Waals surface area contributed by atoms with Gasteiger partial charge in [-0.2, -0.15) is 5.10 Å². The van der Waals surface area contributed by atoms with Crippen LogP contribution in [0.4, 0.5) is 0 Å². The molecule has 3 N–H and O–H groups in total. The number of carbonyl (C=O) groups excluding carboxylic acids is 1. The van der Waals surface area contributed by atoms with Crippen LogP contribution in [0.2, 0.25) is 5.02 Å². The molecule has 32 heavy (non-hydrogen) atoms. The van der Waals surface area contributed by atoms with Crippen LogP contribution in [-0.2, 0) is 11.3 Å². The summed E-state index contributed by atoms with van der Waals surface area (Å²) in [6.45, 7) is 5.89. The quantitative estimate of drug-likeness (QED) is 0.425. The fraction of sp³-hybridized carbons (Fsp3) is 0.333. The van der Waals surface area contributed by atoms with E-state index in [1.165, 1.54) is 7.11 Å². The second-order valence-corrected chi connectivity index (χ2v) is 8.73. The molecule has 2 aromatic heterocycles. The highest BCUT2D eigenvalue weighted by molar-refractivity contribution is 7.71. The third-order valence-electron chi connectivity index (χ3n) is 4.24. The largest absolute Gasteiger partial charge is 0.493 e. The minimum atomic E-state index is -0.346. The van der Waals surface area contributed by atoms with E-state index < -0.39 is 0 Å². The van der Waals surface area contributed by atoms with Crippen molar-refractivity contribution in [1.82, 2.24) is 25.2 Å². The van der Waals surface area contributed by atoms with E-state index >= 15 is 0 Å². The van der Waals surface area contributed by atoms with E-state index in [0.717, 1.165) is 11.1 Å². The molecule has 0 saturated heterocycles. The summed E-state index contributed by atoms with van der Waals surface area (Å²) < 4.78 is 13.1. The summed E-state index contributed by atoms with van der Waals surface area (Å²) in [6.07, 6.45) is 3.36. The standard InChI is InChI=1S/C21H25ClN6O3S/c1-21(2,3)25-18(29)12-31-17-10-15(22)14(9-16(17)30-4)11-24-28-19(26-27-20(28)32)13-5-7-23-8-6-13/h5-10,24H,11-12H2,1-4H3,(H,25,29)(H,27,32). The van der Waals surface area contributed by atoms with Crippen LogP contribution in [0.3, 0.4) is 0 Å². The van der Waals surface area contributed by atoms with E-state index in [9.17, 15) is 4.79 Å². The maximum Gasteiger partial charge on any atom is 0.258 e. The van der Waals surface area contributed by atoms with Gasteiger partial charge < -0.3 is 20.2 Å².